The molecule has 2 aromatic rings. The molecule has 1 unspecified atom stereocenters. The van der Waals surface area contributed by atoms with Crippen molar-refractivity contribution in [1.29, 1.82) is 0 Å². The lowest BCUT2D eigenvalue weighted by atomic mass is 10.0. The van der Waals surface area contributed by atoms with Gasteiger partial charge in [-0.3, -0.25) is 24.3 Å². The van der Waals surface area contributed by atoms with Crippen molar-refractivity contribution in [2.75, 3.05) is 17.7 Å². The number of nitrogens with one attached hydrogen (secondary N) is 2. The van der Waals surface area contributed by atoms with E-state index in [0.717, 1.165) is 16.9 Å². The van der Waals surface area contributed by atoms with Crippen LogP contribution in [0.2, 0.25) is 0 Å². The second-order valence-corrected chi connectivity index (χ2v) is 10.7. The molecular formula is C23H22N6O6S3. The number of amides is 3. The van der Waals surface area contributed by atoms with Crippen LogP contribution in [0.25, 0.3) is 6.08 Å². The molecule has 2 aliphatic rings. The lowest BCUT2D eigenvalue weighted by Gasteiger charge is -2.49. The Kier molecular flexibility index (Phi) is 9.15. The number of aliphatic carboxylic acids is 1. The summed E-state index contributed by atoms with van der Waals surface area (Å²) in [6, 6.07) is 2.70. The highest BCUT2D eigenvalue weighted by molar-refractivity contribution is 8.08. The van der Waals surface area contributed by atoms with Crippen molar-refractivity contribution in [3.63, 3.8) is 0 Å². The number of nitrogens with zero attached hydrogens (tertiary/aromatic N) is 4. The maximum Gasteiger partial charge on any atom is 0.353 e. The van der Waals surface area contributed by atoms with Gasteiger partial charge in [0, 0.05) is 28.4 Å². The second-order valence-electron chi connectivity index (χ2n) is 7.72. The summed E-state index contributed by atoms with van der Waals surface area (Å²) in [4.78, 5) is 64.0. The number of pyridine rings is 1. The number of carboxylic acids is 1. The number of β-lactam (4-membered cyclic amide) rings is 1. The smallest absolute Gasteiger partial charge is 0.353 e. The van der Waals surface area contributed by atoms with Gasteiger partial charge in [0.15, 0.2) is 10.8 Å². The van der Waals surface area contributed by atoms with Crippen molar-refractivity contribution < 1.29 is 29.1 Å². The van der Waals surface area contributed by atoms with E-state index in [9.17, 15) is 24.3 Å². The number of carbonyl (C=O) groups is 4. The maximum absolute atomic E-state index is 13.1. The van der Waals surface area contributed by atoms with Gasteiger partial charge in [0.2, 0.25) is 6.41 Å². The molecule has 1 fully saturated rings. The van der Waals surface area contributed by atoms with Crippen LogP contribution in [0.5, 0.6) is 0 Å². The average molecular weight is 575 g/mol. The quantitative estimate of drug-likeness (QED) is 0.113. The molecule has 15 heteroatoms. The molecule has 0 bridgehead atoms. The van der Waals surface area contributed by atoms with E-state index in [0.29, 0.717) is 23.5 Å². The van der Waals surface area contributed by atoms with Crippen LogP contribution in [-0.2, 0) is 24.0 Å². The molecule has 0 spiro atoms. The Bertz CT molecular complexity index is 1310. The Morgan fingerprint density at radius 2 is 2.26 bits per heavy atom. The topological polar surface area (TPSA) is 163 Å². The molecule has 0 radical (unpaired) electrons. The van der Waals surface area contributed by atoms with Crippen molar-refractivity contribution in [1.82, 2.24) is 20.2 Å². The lowest BCUT2D eigenvalue weighted by Crippen LogP contribution is -2.71. The van der Waals surface area contributed by atoms with Crippen molar-refractivity contribution in [3.8, 4) is 0 Å². The predicted octanol–water partition coefficient (Wildman–Crippen LogP) is 2.34. The molecule has 3 N–H and O–H groups in total. The molecule has 38 heavy (non-hydrogen) atoms. The Hall–Kier alpha value is -3.69. The van der Waals surface area contributed by atoms with Gasteiger partial charge in [0.25, 0.3) is 11.8 Å². The summed E-state index contributed by atoms with van der Waals surface area (Å²) in [7, 11) is 0. The van der Waals surface area contributed by atoms with Gasteiger partial charge in [-0.05, 0) is 29.5 Å². The van der Waals surface area contributed by atoms with Gasteiger partial charge < -0.3 is 20.6 Å². The Balaban J connectivity index is 1.48. The molecule has 1 saturated heterocycles. The van der Waals surface area contributed by atoms with Crippen molar-refractivity contribution >= 4 is 76.0 Å². The van der Waals surface area contributed by atoms with E-state index in [-0.39, 0.29) is 28.8 Å². The van der Waals surface area contributed by atoms with Gasteiger partial charge in [-0.2, -0.15) is 0 Å². The van der Waals surface area contributed by atoms with Crippen LogP contribution in [0.15, 0.2) is 51.1 Å². The minimum absolute atomic E-state index is 0.102. The van der Waals surface area contributed by atoms with E-state index in [4.69, 9.17) is 4.84 Å². The largest absolute Gasteiger partial charge is 0.477 e. The van der Waals surface area contributed by atoms with E-state index >= 15 is 0 Å². The zero-order chi connectivity index (χ0) is 27.1. The molecule has 0 aliphatic carbocycles. The zero-order valence-corrected chi connectivity index (χ0v) is 22.3. The Morgan fingerprint density at radius 1 is 1.42 bits per heavy atom. The molecule has 0 saturated carbocycles. The first-order chi connectivity index (χ1) is 18.4. The standard InChI is InChI=1S/C23H22N6O6S3/c1-2-7-35-28-16(14-10-38-23(26-14)25-12-30)19(31)27-17-20(32)29-18(22(33)34)15(11-37-21(17)29)36-8-5-13-4-3-6-24-9-13/h3-6,8-10,12,17,21H,2,7,11H2,1H3,(H,27,31)(H,33,34)(H,25,26,30)/b8-5-,28-16?/t17?,21-/m0/s1. The second kappa shape index (κ2) is 12.7. The first kappa shape index (κ1) is 27.3. The average Bonchev–Trinajstić information content (AvgIpc) is 3.38. The van der Waals surface area contributed by atoms with Crippen LogP contribution in [-0.4, -0.2) is 73.7 Å². The van der Waals surface area contributed by atoms with Gasteiger partial charge >= 0.3 is 5.97 Å². The fraction of sp³-hybridized carbons (Fsp3) is 0.261. The fourth-order valence-electron chi connectivity index (χ4n) is 3.47. The first-order valence-corrected chi connectivity index (χ1v) is 14.1. The molecule has 0 aromatic carbocycles. The summed E-state index contributed by atoms with van der Waals surface area (Å²) in [5.41, 5.74) is 0.759. The monoisotopic (exact) mass is 574 g/mol. The minimum atomic E-state index is -1.22. The van der Waals surface area contributed by atoms with Crippen LogP contribution >= 0.6 is 34.9 Å². The highest BCUT2D eigenvalue weighted by Gasteiger charge is 2.54. The van der Waals surface area contributed by atoms with Crippen molar-refractivity contribution in [3.05, 3.63) is 57.2 Å². The molecule has 12 nitrogen and oxygen atoms in total. The highest BCUT2D eigenvalue weighted by atomic mass is 32.2. The van der Waals surface area contributed by atoms with Gasteiger partial charge in [-0.15, -0.1) is 23.1 Å². The summed E-state index contributed by atoms with van der Waals surface area (Å²) in [6.45, 7) is 2.14. The lowest BCUT2D eigenvalue weighted by molar-refractivity contribution is -0.150. The number of hydrogen-bond acceptors (Lipinski definition) is 11. The van der Waals surface area contributed by atoms with Crippen LogP contribution < -0.4 is 10.6 Å². The molecule has 3 amide bonds. The number of carbonyl (C=O) groups excluding carboxylic acids is 3. The Labute approximate surface area is 229 Å². The normalized spacial score (nSPS) is 19.1. The molecule has 198 valence electrons. The van der Waals surface area contributed by atoms with E-state index in [1.807, 2.05) is 13.0 Å². The first-order valence-electron chi connectivity index (χ1n) is 11.3. The number of hydrogen-bond donors (Lipinski definition) is 3. The third-order valence-electron chi connectivity index (χ3n) is 5.17. The highest BCUT2D eigenvalue weighted by Crippen LogP contribution is 2.43. The Morgan fingerprint density at radius 3 is 2.97 bits per heavy atom. The van der Waals surface area contributed by atoms with Crippen molar-refractivity contribution in [2.45, 2.75) is 24.8 Å². The number of aromatic nitrogens is 2. The van der Waals surface area contributed by atoms with E-state index in [2.05, 4.69) is 25.8 Å². The SMILES string of the molecule is CCCON=C(C(=O)NC1C(=O)N2C(C(=O)O)=C(S/C=C\c3cccnc3)CS[C@@H]12)c1csc(NC=O)n1. The third kappa shape index (κ3) is 6.06. The number of thioether (sulfide) groups is 2. The van der Waals surface area contributed by atoms with Crippen molar-refractivity contribution in [2.24, 2.45) is 5.16 Å². The van der Waals surface area contributed by atoms with E-state index in [1.165, 1.54) is 33.8 Å². The zero-order valence-electron chi connectivity index (χ0n) is 19.9. The van der Waals surface area contributed by atoms with Crippen LogP contribution in [0, 0.1) is 0 Å². The van der Waals surface area contributed by atoms with E-state index < -0.39 is 29.2 Å². The minimum Gasteiger partial charge on any atom is -0.477 e. The molecule has 2 atom stereocenters. The molecule has 2 aromatic heterocycles. The molecule has 2 aliphatic heterocycles. The third-order valence-corrected chi connectivity index (χ3v) is 8.30. The van der Waals surface area contributed by atoms with Gasteiger partial charge in [-0.25, -0.2) is 9.78 Å². The predicted molar refractivity (Wildman–Crippen MR) is 145 cm³/mol. The molecular weight excluding hydrogens is 552 g/mol. The van der Waals surface area contributed by atoms with Crippen LogP contribution in [0.1, 0.15) is 24.6 Å². The summed E-state index contributed by atoms with van der Waals surface area (Å²) in [6.07, 6.45) is 6.26. The number of fused-ring (bicyclic) bond motifs is 1. The maximum atomic E-state index is 13.1. The fourth-order valence-corrected chi connectivity index (χ4v) is 6.48. The summed E-state index contributed by atoms with van der Waals surface area (Å²) in [5.74, 6) is -2.13. The summed E-state index contributed by atoms with van der Waals surface area (Å²) >= 11 is 3.66. The summed E-state index contributed by atoms with van der Waals surface area (Å²) < 4.78 is 0. The van der Waals surface area contributed by atoms with Crippen LogP contribution in [0.4, 0.5) is 5.13 Å². The number of anilines is 1. The van der Waals surface area contributed by atoms with E-state index in [1.54, 1.807) is 29.9 Å². The molecule has 4 rings (SSSR count). The van der Waals surface area contributed by atoms with Gasteiger partial charge in [0.1, 0.15) is 29.4 Å². The number of oxime groups is 1. The number of rotatable bonds is 12. The van der Waals surface area contributed by atoms with Gasteiger partial charge in [0.05, 0.1) is 0 Å². The summed E-state index contributed by atoms with van der Waals surface area (Å²) in [5, 5.41) is 21.8. The van der Waals surface area contributed by atoms with Crippen LogP contribution in [0.3, 0.4) is 0 Å². The number of thiazole rings is 1. The molecule has 4 heterocycles. The number of carboxylic acid groups (broad SMARTS) is 1. The van der Waals surface area contributed by atoms with Gasteiger partial charge in [-0.1, -0.05) is 29.9 Å².